The van der Waals surface area contributed by atoms with Gasteiger partial charge in [0.1, 0.15) is 0 Å². The number of pyridine rings is 1. The van der Waals surface area contributed by atoms with Gasteiger partial charge >= 0.3 is 0 Å². The lowest BCUT2D eigenvalue weighted by Crippen LogP contribution is -2.28. The molecule has 0 aromatic carbocycles. The summed E-state index contributed by atoms with van der Waals surface area (Å²) in [4.78, 5) is 4.05. The minimum atomic E-state index is 0.436. The van der Waals surface area contributed by atoms with Gasteiger partial charge in [-0.2, -0.15) is 11.8 Å². The van der Waals surface area contributed by atoms with Crippen molar-refractivity contribution in [2.45, 2.75) is 37.5 Å². The zero-order chi connectivity index (χ0) is 11.2. The van der Waals surface area contributed by atoms with Crippen LogP contribution < -0.4 is 5.32 Å². The molecule has 1 aliphatic heterocycles. The first-order valence-electron chi connectivity index (χ1n) is 6.11. The lowest BCUT2D eigenvalue weighted by Gasteiger charge is -2.23. The Bertz CT molecular complexity index is 296. The molecule has 2 atom stereocenters. The van der Waals surface area contributed by atoms with E-state index in [1.807, 2.05) is 12.4 Å². The maximum atomic E-state index is 4.05. The standard InChI is InChI=1S/C13H20N2S/c1-11(12-5-7-14-8-6-12)15-10-13-4-2-3-9-16-13/h5-8,11,13,15H,2-4,9-10H2,1H3. The van der Waals surface area contributed by atoms with Crippen LogP contribution in [0, 0.1) is 0 Å². The Kier molecular flexibility index (Phi) is 4.67. The zero-order valence-corrected chi connectivity index (χ0v) is 10.7. The Balaban J connectivity index is 1.77. The third kappa shape index (κ3) is 3.49. The molecule has 2 heterocycles. The summed E-state index contributed by atoms with van der Waals surface area (Å²) in [5, 5.41) is 4.44. The average Bonchev–Trinajstić information content (AvgIpc) is 2.38. The fraction of sp³-hybridized carbons (Fsp3) is 0.615. The van der Waals surface area contributed by atoms with Crippen LogP contribution in [0.15, 0.2) is 24.5 Å². The smallest absolute Gasteiger partial charge is 0.0293 e. The molecule has 1 saturated heterocycles. The molecule has 2 nitrogen and oxygen atoms in total. The van der Waals surface area contributed by atoms with Crippen molar-refractivity contribution in [3.8, 4) is 0 Å². The molecular weight excluding hydrogens is 216 g/mol. The number of hydrogen-bond acceptors (Lipinski definition) is 3. The fourth-order valence-electron chi connectivity index (χ4n) is 2.05. The number of nitrogens with one attached hydrogen (secondary N) is 1. The summed E-state index contributed by atoms with van der Waals surface area (Å²) in [5.74, 6) is 1.34. The Morgan fingerprint density at radius 3 is 2.94 bits per heavy atom. The van der Waals surface area contributed by atoms with Crippen molar-refractivity contribution >= 4 is 11.8 Å². The van der Waals surface area contributed by atoms with Gasteiger partial charge in [0.05, 0.1) is 0 Å². The van der Waals surface area contributed by atoms with Crippen molar-refractivity contribution in [1.82, 2.24) is 10.3 Å². The van der Waals surface area contributed by atoms with Gasteiger partial charge in [-0.25, -0.2) is 0 Å². The van der Waals surface area contributed by atoms with Crippen LogP contribution in [-0.4, -0.2) is 22.5 Å². The molecule has 3 heteroatoms. The largest absolute Gasteiger partial charge is 0.309 e. The van der Waals surface area contributed by atoms with Crippen LogP contribution in [0.1, 0.15) is 37.8 Å². The normalized spacial score (nSPS) is 22.9. The SMILES string of the molecule is CC(NCC1CCCCS1)c1ccncc1. The highest BCUT2D eigenvalue weighted by molar-refractivity contribution is 7.99. The lowest BCUT2D eigenvalue weighted by molar-refractivity contribution is 0.538. The van der Waals surface area contributed by atoms with Gasteiger partial charge < -0.3 is 5.32 Å². The highest BCUT2D eigenvalue weighted by atomic mass is 32.2. The number of thioether (sulfide) groups is 1. The van der Waals surface area contributed by atoms with Gasteiger partial charge in [0.25, 0.3) is 0 Å². The number of aromatic nitrogens is 1. The third-order valence-electron chi connectivity index (χ3n) is 3.13. The molecule has 0 aliphatic carbocycles. The molecule has 1 fully saturated rings. The fourth-order valence-corrected chi connectivity index (χ4v) is 3.30. The Labute approximate surface area is 102 Å². The summed E-state index contributed by atoms with van der Waals surface area (Å²) in [6.07, 6.45) is 7.91. The summed E-state index contributed by atoms with van der Waals surface area (Å²) in [5.41, 5.74) is 1.33. The molecule has 1 aliphatic rings. The van der Waals surface area contributed by atoms with Gasteiger partial charge in [0.2, 0.25) is 0 Å². The monoisotopic (exact) mass is 236 g/mol. The molecule has 0 amide bonds. The van der Waals surface area contributed by atoms with Gasteiger partial charge in [-0.1, -0.05) is 6.42 Å². The Morgan fingerprint density at radius 2 is 2.25 bits per heavy atom. The summed E-state index contributed by atoms with van der Waals surface area (Å²) in [6, 6.07) is 4.61. The molecule has 16 heavy (non-hydrogen) atoms. The van der Waals surface area contributed by atoms with Crippen LogP contribution in [0.2, 0.25) is 0 Å². The van der Waals surface area contributed by atoms with Crippen LogP contribution in [0.4, 0.5) is 0 Å². The quantitative estimate of drug-likeness (QED) is 0.870. The topological polar surface area (TPSA) is 24.9 Å². The van der Waals surface area contributed by atoms with Crippen molar-refractivity contribution in [3.05, 3.63) is 30.1 Å². The van der Waals surface area contributed by atoms with E-state index in [1.165, 1.54) is 30.6 Å². The number of nitrogens with zero attached hydrogens (tertiary/aromatic N) is 1. The summed E-state index contributed by atoms with van der Waals surface area (Å²) < 4.78 is 0. The molecule has 0 saturated carbocycles. The number of hydrogen-bond donors (Lipinski definition) is 1. The summed E-state index contributed by atoms with van der Waals surface area (Å²) >= 11 is 2.13. The maximum Gasteiger partial charge on any atom is 0.0293 e. The minimum Gasteiger partial charge on any atom is -0.309 e. The van der Waals surface area contributed by atoms with E-state index >= 15 is 0 Å². The predicted octanol–water partition coefficient (Wildman–Crippen LogP) is 3.02. The first kappa shape index (κ1) is 11.9. The zero-order valence-electron chi connectivity index (χ0n) is 9.86. The molecule has 0 bridgehead atoms. The van der Waals surface area contributed by atoms with E-state index in [1.54, 1.807) is 0 Å². The van der Waals surface area contributed by atoms with E-state index in [0.717, 1.165) is 11.8 Å². The lowest BCUT2D eigenvalue weighted by atomic mass is 10.1. The van der Waals surface area contributed by atoms with Gasteiger partial charge in [-0.05, 0) is 43.2 Å². The van der Waals surface area contributed by atoms with Crippen molar-refractivity contribution in [2.24, 2.45) is 0 Å². The molecule has 2 unspecified atom stereocenters. The maximum absolute atomic E-state index is 4.05. The molecule has 1 N–H and O–H groups in total. The van der Waals surface area contributed by atoms with Crippen LogP contribution in [-0.2, 0) is 0 Å². The summed E-state index contributed by atoms with van der Waals surface area (Å²) in [7, 11) is 0. The molecule has 0 radical (unpaired) electrons. The first-order chi connectivity index (χ1) is 7.86. The Morgan fingerprint density at radius 1 is 1.44 bits per heavy atom. The Hall–Kier alpha value is -0.540. The van der Waals surface area contributed by atoms with E-state index in [-0.39, 0.29) is 0 Å². The average molecular weight is 236 g/mol. The molecule has 88 valence electrons. The minimum absolute atomic E-state index is 0.436. The first-order valence-corrected chi connectivity index (χ1v) is 7.16. The summed E-state index contributed by atoms with van der Waals surface area (Å²) in [6.45, 7) is 3.36. The third-order valence-corrected chi connectivity index (χ3v) is 4.53. The van der Waals surface area contributed by atoms with Crippen LogP contribution in [0.5, 0.6) is 0 Å². The molecule has 2 rings (SSSR count). The molecule has 0 spiro atoms. The highest BCUT2D eigenvalue weighted by Gasteiger charge is 2.14. The second-order valence-corrected chi connectivity index (χ2v) is 5.81. The van der Waals surface area contributed by atoms with E-state index in [0.29, 0.717) is 6.04 Å². The second-order valence-electron chi connectivity index (χ2n) is 4.40. The van der Waals surface area contributed by atoms with Crippen molar-refractivity contribution in [2.75, 3.05) is 12.3 Å². The van der Waals surface area contributed by atoms with E-state index in [4.69, 9.17) is 0 Å². The van der Waals surface area contributed by atoms with Crippen LogP contribution in [0.25, 0.3) is 0 Å². The molecule has 1 aromatic rings. The molecular formula is C13H20N2S. The number of rotatable bonds is 4. The molecule has 1 aromatic heterocycles. The van der Waals surface area contributed by atoms with Gasteiger partial charge in [-0.15, -0.1) is 0 Å². The van der Waals surface area contributed by atoms with E-state index in [2.05, 4.69) is 41.1 Å². The van der Waals surface area contributed by atoms with Crippen molar-refractivity contribution in [1.29, 1.82) is 0 Å². The van der Waals surface area contributed by atoms with Crippen LogP contribution in [0.3, 0.4) is 0 Å². The predicted molar refractivity (Wildman–Crippen MR) is 70.8 cm³/mol. The highest BCUT2D eigenvalue weighted by Crippen LogP contribution is 2.25. The van der Waals surface area contributed by atoms with Gasteiger partial charge in [-0.3, -0.25) is 4.98 Å². The van der Waals surface area contributed by atoms with Gasteiger partial charge in [0.15, 0.2) is 0 Å². The van der Waals surface area contributed by atoms with Crippen molar-refractivity contribution in [3.63, 3.8) is 0 Å². The second kappa shape index (κ2) is 6.26. The van der Waals surface area contributed by atoms with Crippen LogP contribution >= 0.6 is 11.8 Å². The van der Waals surface area contributed by atoms with E-state index in [9.17, 15) is 0 Å². The van der Waals surface area contributed by atoms with E-state index < -0.39 is 0 Å². The van der Waals surface area contributed by atoms with Gasteiger partial charge in [0, 0.05) is 30.2 Å². The van der Waals surface area contributed by atoms with Crippen molar-refractivity contribution < 1.29 is 0 Å².